The zero-order valence-corrected chi connectivity index (χ0v) is 17.6. The number of nitrogens with zero attached hydrogens (tertiary/aromatic N) is 3. The predicted octanol–water partition coefficient (Wildman–Crippen LogP) is 4.08. The molecule has 0 fully saturated rings. The van der Waals surface area contributed by atoms with Crippen molar-refractivity contribution in [2.75, 3.05) is 5.32 Å². The molecule has 0 bridgehead atoms. The predicted molar refractivity (Wildman–Crippen MR) is 117 cm³/mol. The fraction of sp³-hybridized carbons (Fsp3) is 0.182. The third-order valence-corrected chi connectivity index (χ3v) is 5.73. The quantitative estimate of drug-likeness (QED) is 0.386. The van der Waals surface area contributed by atoms with E-state index >= 15 is 0 Å². The summed E-state index contributed by atoms with van der Waals surface area (Å²) >= 11 is 1.37. The van der Waals surface area contributed by atoms with Gasteiger partial charge in [0, 0.05) is 36.2 Å². The molecule has 4 aromatic rings. The minimum atomic E-state index is -0.253. The van der Waals surface area contributed by atoms with Crippen molar-refractivity contribution < 1.29 is 9.21 Å². The maximum absolute atomic E-state index is 12.7. The highest BCUT2D eigenvalue weighted by atomic mass is 32.2. The second kappa shape index (κ2) is 8.16. The summed E-state index contributed by atoms with van der Waals surface area (Å²) in [6.07, 6.45) is 1.73. The molecule has 3 aromatic heterocycles. The second-order valence-electron chi connectivity index (χ2n) is 6.91. The number of furan rings is 1. The van der Waals surface area contributed by atoms with E-state index in [1.165, 1.54) is 16.3 Å². The largest absolute Gasteiger partial charge is 0.443 e. The number of carbonyl (C=O) groups is 1. The average Bonchev–Trinajstić information content (AvgIpc) is 3.03. The number of fused-ring (bicyclic) bond motifs is 1. The molecule has 0 atom stereocenters. The Labute approximate surface area is 177 Å². The van der Waals surface area contributed by atoms with Gasteiger partial charge in [0.15, 0.2) is 5.16 Å². The number of rotatable bonds is 5. The average molecular weight is 420 g/mol. The van der Waals surface area contributed by atoms with Gasteiger partial charge in [0.25, 0.3) is 11.5 Å². The molecule has 0 spiro atoms. The molecule has 7 nitrogen and oxygen atoms in total. The smallest absolute Gasteiger partial charge is 0.256 e. The molecule has 0 unspecified atom stereocenters. The van der Waals surface area contributed by atoms with E-state index in [-0.39, 0.29) is 11.5 Å². The van der Waals surface area contributed by atoms with Crippen LogP contribution < -0.4 is 10.9 Å². The second-order valence-corrected chi connectivity index (χ2v) is 7.85. The Kier molecular flexibility index (Phi) is 5.41. The third kappa shape index (κ3) is 3.99. The molecule has 1 amide bonds. The van der Waals surface area contributed by atoms with Gasteiger partial charge in [-0.3, -0.25) is 9.59 Å². The molecule has 0 saturated carbocycles. The summed E-state index contributed by atoms with van der Waals surface area (Å²) in [6.45, 7) is 3.77. The summed E-state index contributed by atoms with van der Waals surface area (Å²) in [7, 11) is 1.71. The van der Waals surface area contributed by atoms with Crippen molar-refractivity contribution in [3.05, 3.63) is 81.5 Å². The summed E-state index contributed by atoms with van der Waals surface area (Å²) < 4.78 is 7.30. The van der Waals surface area contributed by atoms with Crippen LogP contribution in [-0.2, 0) is 12.8 Å². The Morgan fingerprint density at radius 1 is 1.17 bits per heavy atom. The lowest BCUT2D eigenvalue weighted by atomic mass is 10.2. The molecule has 8 heteroatoms. The molecular weight excluding hydrogens is 400 g/mol. The SMILES string of the molecule is Cc1oc2nc(SCc3ccn(C)c(=O)c3)nc(NC(=O)c3ccccc3)c2c1C. The molecule has 0 radical (unpaired) electrons. The maximum atomic E-state index is 12.7. The monoisotopic (exact) mass is 420 g/mol. The van der Waals surface area contributed by atoms with Crippen LogP contribution in [0.5, 0.6) is 0 Å². The van der Waals surface area contributed by atoms with E-state index in [0.717, 1.165) is 16.9 Å². The minimum absolute atomic E-state index is 0.0717. The van der Waals surface area contributed by atoms with Gasteiger partial charge in [0.05, 0.1) is 5.39 Å². The van der Waals surface area contributed by atoms with Gasteiger partial charge in [-0.05, 0) is 37.6 Å². The Balaban J connectivity index is 1.66. The lowest BCUT2D eigenvalue weighted by Gasteiger charge is -2.08. The molecule has 30 heavy (non-hydrogen) atoms. The van der Waals surface area contributed by atoms with E-state index in [9.17, 15) is 9.59 Å². The first-order chi connectivity index (χ1) is 14.4. The molecule has 1 aromatic carbocycles. The summed E-state index contributed by atoms with van der Waals surface area (Å²) in [6, 6.07) is 12.4. The van der Waals surface area contributed by atoms with E-state index < -0.39 is 0 Å². The van der Waals surface area contributed by atoms with Crippen LogP contribution in [0.4, 0.5) is 5.82 Å². The Hall–Kier alpha value is -3.39. The first kappa shape index (κ1) is 19.9. The van der Waals surface area contributed by atoms with E-state index in [1.807, 2.05) is 38.1 Å². The number of carbonyl (C=O) groups excluding carboxylic acids is 1. The fourth-order valence-electron chi connectivity index (χ4n) is 2.98. The van der Waals surface area contributed by atoms with E-state index in [4.69, 9.17) is 4.42 Å². The Morgan fingerprint density at radius 2 is 1.93 bits per heavy atom. The number of aryl methyl sites for hydroxylation is 3. The van der Waals surface area contributed by atoms with Gasteiger partial charge in [0.1, 0.15) is 11.6 Å². The Bertz CT molecular complexity index is 1300. The number of benzene rings is 1. The van der Waals surface area contributed by atoms with Crippen LogP contribution >= 0.6 is 11.8 Å². The van der Waals surface area contributed by atoms with Gasteiger partial charge in [-0.15, -0.1) is 0 Å². The molecule has 4 rings (SSSR count). The van der Waals surface area contributed by atoms with Crippen molar-refractivity contribution in [2.45, 2.75) is 24.8 Å². The number of nitrogens with one attached hydrogen (secondary N) is 1. The first-order valence-corrected chi connectivity index (χ1v) is 10.3. The van der Waals surface area contributed by atoms with Gasteiger partial charge >= 0.3 is 0 Å². The normalized spacial score (nSPS) is 11.0. The van der Waals surface area contributed by atoms with Gasteiger partial charge in [0.2, 0.25) is 5.71 Å². The zero-order chi connectivity index (χ0) is 21.3. The minimum Gasteiger partial charge on any atom is -0.443 e. The lowest BCUT2D eigenvalue weighted by Crippen LogP contribution is -2.15. The van der Waals surface area contributed by atoms with Crippen LogP contribution in [0.25, 0.3) is 11.1 Å². The van der Waals surface area contributed by atoms with Crippen LogP contribution in [0.2, 0.25) is 0 Å². The van der Waals surface area contributed by atoms with E-state index in [1.54, 1.807) is 31.4 Å². The van der Waals surface area contributed by atoms with Crippen molar-refractivity contribution >= 4 is 34.6 Å². The standard InChI is InChI=1S/C22H20N4O3S/c1-13-14(2)29-21-18(13)19(23-20(28)16-7-5-4-6-8-16)24-22(25-21)30-12-15-9-10-26(3)17(27)11-15/h4-11H,12H2,1-3H3,(H,23,24,25,28). The van der Waals surface area contributed by atoms with Crippen molar-refractivity contribution in [1.29, 1.82) is 0 Å². The van der Waals surface area contributed by atoms with Crippen LogP contribution in [0.15, 0.2) is 63.0 Å². The van der Waals surface area contributed by atoms with E-state index in [0.29, 0.717) is 33.4 Å². The summed E-state index contributed by atoms with van der Waals surface area (Å²) in [4.78, 5) is 33.6. The van der Waals surface area contributed by atoms with Gasteiger partial charge < -0.3 is 14.3 Å². The van der Waals surface area contributed by atoms with E-state index in [2.05, 4.69) is 15.3 Å². The van der Waals surface area contributed by atoms with Gasteiger partial charge in [-0.1, -0.05) is 30.0 Å². The number of pyridine rings is 1. The van der Waals surface area contributed by atoms with Crippen molar-refractivity contribution in [2.24, 2.45) is 7.05 Å². The molecule has 0 saturated heterocycles. The Morgan fingerprint density at radius 3 is 2.67 bits per heavy atom. The van der Waals surface area contributed by atoms with Crippen LogP contribution in [0.1, 0.15) is 27.2 Å². The summed E-state index contributed by atoms with van der Waals surface area (Å²) in [5.74, 6) is 1.40. The fourth-order valence-corrected chi connectivity index (χ4v) is 3.76. The summed E-state index contributed by atoms with van der Waals surface area (Å²) in [5, 5.41) is 4.04. The number of hydrogen-bond acceptors (Lipinski definition) is 6. The number of amides is 1. The van der Waals surface area contributed by atoms with Crippen LogP contribution in [-0.4, -0.2) is 20.4 Å². The zero-order valence-electron chi connectivity index (χ0n) is 16.8. The number of anilines is 1. The molecule has 1 N–H and O–H groups in total. The van der Waals surface area contributed by atoms with Gasteiger partial charge in [-0.25, -0.2) is 4.98 Å². The van der Waals surface area contributed by atoms with Crippen molar-refractivity contribution in [1.82, 2.24) is 14.5 Å². The molecule has 3 heterocycles. The highest BCUT2D eigenvalue weighted by Crippen LogP contribution is 2.32. The number of aromatic nitrogens is 3. The van der Waals surface area contributed by atoms with Crippen molar-refractivity contribution in [3.63, 3.8) is 0 Å². The molecular formula is C22H20N4O3S. The molecule has 0 aliphatic carbocycles. The highest BCUT2D eigenvalue weighted by Gasteiger charge is 2.19. The van der Waals surface area contributed by atoms with Crippen LogP contribution in [0, 0.1) is 13.8 Å². The third-order valence-electron chi connectivity index (χ3n) is 4.81. The summed E-state index contributed by atoms with van der Waals surface area (Å²) in [5.41, 5.74) is 2.65. The molecule has 152 valence electrons. The lowest BCUT2D eigenvalue weighted by molar-refractivity contribution is 0.102. The number of thioether (sulfide) groups is 1. The van der Waals surface area contributed by atoms with Crippen LogP contribution in [0.3, 0.4) is 0 Å². The first-order valence-electron chi connectivity index (χ1n) is 9.35. The highest BCUT2D eigenvalue weighted by molar-refractivity contribution is 7.98. The van der Waals surface area contributed by atoms with Gasteiger partial charge in [-0.2, -0.15) is 4.98 Å². The number of hydrogen-bond donors (Lipinski definition) is 1. The maximum Gasteiger partial charge on any atom is 0.256 e. The van der Waals surface area contributed by atoms with Crippen molar-refractivity contribution in [3.8, 4) is 0 Å². The molecule has 0 aliphatic rings. The molecule has 0 aliphatic heterocycles. The topological polar surface area (TPSA) is 90.0 Å².